The standard InChI is InChI=1S/C31H27BrClN3O3S/c1-5-38-28-14-19(4)25(16-24(28)18(2)3)29-35-27-9-7-6-8-23(27)30(37)36(29)34-17-21-15-26(32)31(39-21)40-22-12-10-20(33)11-13-22/h6-18H,5H2,1-4H3. The summed E-state index contributed by atoms with van der Waals surface area (Å²) in [6.45, 7) is 8.76. The van der Waals surface area contributed by atoms with Crippen LogP contribution >= 0.6 is 39.3 Å². The van der Waals surface area contributed by atoms with E-state index in [9.17, 15) is 4.79 Å². The number of ether oxygens (including phenoxy) is 1. The molecular weight excluding hydrogens is 610 g/mol. The van der Waals surface area contributed by atoms with E-state index in [0.29, 0.717) is 39.2 Å². The van der Waals surface area contributed by atoms with E-state index in [-0.39, 0.29) is 11.5 Å². The zero-order chi connectivity index (χ0) is 28.4. The van der Waals surface area contributed by atoms with Gasteiger partial charge >= 0.3 is 0 Å². The molecule has 40 heavy (non-hydrogen) atoms. The molecule has 0 fully saturated rings. The molecule has 0 saturated carbocycles. The zero-order valence-corrected chi connectivity index (χ0v) is 25.6. The van der Waals surface area contributed by atoms with E-state index < -0.39 is 0 Å². The minimum Gasteiger partial charge on any atom is -0.494 e. The Balaban J connectivity index is 1.61. The summed E-state index contributed by atoms with van der Waals surface area (Å²) in [5.41, 5.74) is 3.13. The minimum atomic E-state index is -0.266. The Hall–Kier alpha value is -3.33. The lowest BCUT2D eigenvalue weighted by atomic mass is 9.96. The van der Waals surface area contributed by atoms with E-state index >= 15 is 0 Å². The normalized spacial score (nSPS) is 11.7. The summed E-state index contributed by atoms with van der Waals surface area (Å²) >= 11 is 11.0. The van der Waals surface area contributed by atoms with Gasteiger partial charge in [0.1, 0.15) is 11.5 Å². The highest BCUT2D eigenvalue weighted by Crippen LogP contribution is 2.37. The predicted molar refractivity (Wildman–Crippen MR) is 166 cm³/mol. The summed E-state index contributed by atoms with van der Waals surface area (Å²) in [6.07, 6.45) is 1.53. The topological polar surface area (TPSA) is 69.6 Å². The average molecular weight is 637 g/mol. The van der Waals surface area contributed by atoms with Crippen molar-refractivity contribution in [3.8, 4) is 17.1 Å². The molecule has 2 heterocycles. The third kappa shape index (κ3) is 5.89. The number of benzene rings is 3. The number of nitrogens with zero attached hydrogens (tertiary/aromatic N) is 3. The highest BCUT2D eigenvalue weighted by Gasteiger charge is 2.19. The van der Waals surface area contributed by atoms with Crippen LogP contribution in [0.1, 0.15) is 43.6 Å². The molecule has 0 atom stereocenters. The highest BCUT2D eigenvalue weighted by atomic mass is 79.9. The number of para-hydroxylation sites is 1. The smallest absolute Gasteiger partial charge is 0.282 e. The molecule has 0 aliphatic carbocycles. The van der Waals surface area contributed by atoms with E-state index in [1.807, 2.05) is 68.4 Å². The third-order valence-electron chi connectivity index (χ3n) is 6.27. The number of furan rings is 1. The van der Waals surface area contributed by atoms with Crippen molar-refractivity contribution < 1.29 is 9.15 Å². The molecule has 204 valence electrons. The average Bonchev–Trinajstić information content (AvgIpc) is 3.28. The summed E-state index contributed by atoms with van der Waals surface area (Å²) in [5.74, 6) is 1.98. The van der Waals surface area contributed by atoms with E-state index in [1.54, 1.807) is 6.07 Å². The predicted octanol–water partition coefficient (Wildman–Crippen LogP) is 8.94. The lowest BCUT2D eigenvalue weighted by Gasteiger charge is -2.18. The summed E-state index contributed by atoms with van der Waals surface area (Å²) < 4.78 is 14.1. The first kappa shape index (κ1) is 28.2. The van der Waals surface area contributed by atoms with Gasteiger partial charge in [-0.15, -0.1) is 0 Å². The first-order valence-corrected chi connectivity index (χ1v) is 14.8. The maximum Gasteiger partial charge on any atom is 0.282 e. The zero-order valence-electron chi connectivity index (χ0n) is 22.4. The largest absolute Gasteiger partial charge is 0.494 e. The molecule has 5 aromatic rings. The van der Waals surface area contributed by atoms with Crippen LogP contribution in [0.5, 0.6) is 5.75 Å². The van der Waals surface area contributed by atoms with Crippen LogP contribution in [0, 0.1) is 6.92 Å². The molecule has 0 aliphatic heterocycles. The number of hydrogen-bond acceptors (Lipinski definition) is 6. The van der Waals surface area contributed by atoms with Crippen molar-refractivity contribution in [1.82, 2.24) is 9.66 Å². The van der Waals surface area contributed by atoms with E-state index in [1.165, 1.54) is 22.7 Å². The van der Waals surface area contributed by atoms with Gasteiger partial charge in [0.2, 0.25) is 0 Å². The van der Waals surface area contributed by atoms with Crippen LogP contribution in [0.3, 0.4) is 0 Å². The third-order valence-corrected chi connectivity index (χ3v) is 8.37. The van der Waals surface area contributed by atoms with E-state index in [0.717, 1.165) is 31.8 Å². The molecule has 0 saturated heterocycles. The van der Waals surface area contributed by atoms with Crippen LogP contribution in [0.4, 0.5) is 0 Å². The van der Waals surface area contributed by atoms with Crippen LogP contribution in [-0.2, 0) is 0 Å². The SMILES string of the molecule is CCOc1cc(C)c(-c2nc3ccccc3c(=O)n2N=Cc2cc(Br)c(Sc3ccc(Cl)cc3)o2)cc1C(C)C. The molecule has 0 N–H and O–H groups in total. The van der Waals surface area contributed by atoms with E-state index in [4.69, 9.17) is 25.7 Å². The van der Waals surface area contributed by atoms with Gasteiger partial charge in [0.05, 0.1) is 28.2 Å². The van der Waals surface area contributed by atoms with Gasteiger partial charge in [0.15, 0.2) is 10.9 Å². The molecular formula is C31H27BrClN3O3S. The molecule has 6 nitrogen and oxygen atoms in total. The maximum absolute atomic E-state index is 13.7. The van der Waals surface area contributed by atoms with Crippen LogP contribution < -0.4 is 10.3 Å². The van der Waals surface area contributed by atoms with Gasteiger partial charge in [0.25, 0.3) is 5.56 Å². The fourth-order valence-corrected chi connectivity index (χ4v) is 5.76. The Kier molecular flexibility index (Phi) is 8.49. The Labute approximate surface area is 250 Å². The van der Waals surface area contributed by atoms with Crippen molar-refractivity contribution in [1.29, 1.82) is 0 Å². The van der Waals surface area contributed by atoms with Crippen molar-refractivity contribution in [3.63, 3.8) is 0 Å². The number of aromatic nitrogens is 2. The Morgan fingerprint density at radius 2 is 1.90 bits per heavy atom. The van der Waals surface area contributed by atoms with Crippen LogP contribution in [0.25, 0.3) is 22.3 Å². The van der Waals surface area contributed by atoms with Crippen molar-refractivity contribution in [3.05, 3.63) is 103 Å². The number of fused-ring (bicyclic) bond motifs is 1. The second-order valence-corrected chi connectivity index (χ2v) is 11.8. The molecule has 0 amide bonds. The lowest BCUT2D eigenvalue weighted by Crippen LogP contribution is -2.20. The van der Waals surface area contributed by atoms with Gasteiger partial charge < -0.3 is 9.15 Å². The van der Waals surface area contributed by atoms with Gasteiger partial charge in [-0.1, -0.05) is 49.3 Å². The Morgan fingerprint density at radius 3 is 2.62 bits per heavy atom. The second kappa shape index (κ2) is 12.0. The van der Waals surface area contributed by atoms with Gasteiger partial charge in [-0.25, -0.2) is 4.98 Å². The van der Waals surface area contributed by atoms with Gasteiger partial charge in [-0.2, -0.15) is 9.78 Å². The quantitative estimate of drug-likeness (QED) is 0.159. The summed E-state index contributed by atoms with van der Waals surface area (Å²) in [5, 5.41) is 6.41. The van der Waals surface area contributed by atoms with Crippen molar-refractivity contribution in [2.75, 3.05) is 6.61 Å². The summed E-state index contributed by atoms with van der Waals surface area (Å²) in [7, 11) is 0. The summed E-state index contributed by atoms with van der Waals surface area (Å²) in [6, 6.07) is 20.7. The maximum atomic E-state index is 13.7. The second-order valence-electron chi connectivity index (χ2n) is 9.45. The molecule has 0 bridgehead atoms. The number of rotatable bonds is 8. The van der Waals surface area contributed by atoms with Crippen molar-refractivity contribution in [2.24, 2.45) is 5.10 Å². The van der Waals surface area contributed by atoms with Crippen LogP contribution in [0.2, 0.25) is 5.02 Å². The van der Waals surface area contributed by atoms with Gasteiger partial charge in [-0.05, 0) is 95.4 Å². The molecule has 0 unspecified atom stereocenters. The molecule has 9 heteroatoms. The molecule has 0 spiro atoms. The van der Waals surface area contributed by atoms with Gasteiger partial charge in [-0.3, -0.25) is 4.79 Å². The molecule has 0 radical (unpaired) electrons. The number of hydrogen-bond donors (Lipinski definition) is 0. The fraction of sp³-hybridized carbons (Fsp3) is 0.194. The molecule has 5 rings (SSSR count). The fourth-order valence-electron chi connectivity index (χ4n) is 4.30. The van der Waals surface area contributed by atoms with Crippen molar-refractivity contribution in [2.45, 2.75) is 43.6 Å². The molecule has 2 aromatic heterocycles. The number of aryl methyl sites for hydroxylation is 1. The molecule has 0 aliphatic rings. The Bertz CT molecular complexity index is 1780. The first-order chi connectivity index (χ1) is 19.2. The van der Waals surface area contributed by atoms with Crippen molar-refractivity contribution >= 4 is 56.4 Å². The van der Waals surface area contributed by atoms with Crippen LogP contribution in [-0.4, -0.2) is 22.5 Å². The highest BCUT2D eigenvalue weighted by molar-refractivity contribution is 9.10. The van der Waals surface area contributed by atoms with Gasteiger partial charge in [0, 0.05) is 21.5 Å². The number of halogens is 2. The Morgan fingerprint density at radius 1 is 1.15 bits per heavy atom. The van der Waals surface area contributed by atoms with Crippen LogP contribution in [0.15, 0.2) is 95.5 Å². The summed E-state index contributed by atoms with van der Waals surface area (Å²) in [4.78, 5) is 19.6. The lowest BCUT2D eigenvalue weighted by molar-refractivity contribution is 0.335. The minimum absolute atomic E-state index is 0.210. The molecule has 3 aromatic carbocycles. The van der Waals surface area contributed by atoms with E-state index in [2.05, 4.69) is 40.9 Å². The first-order valence-electron chi connectivity index (χ1n) is 12.8. The monoisotopic (exact) mass is 635 g/mol.